The van der Waals surface area contributed by atoms with Gasteiger partial charge in [-0.2, -0.15) is 0 Å². The predicted molar refractivity (Wildman–Crippen MR) is 80.0 cm³/mol. The van der Waals surface area contributed by atoms with Crippen LogP contribution in [-0.4, -0.2) is 30.4 Å². The minimum absolute atomic E-state index is 0.0132. The molecule has 0 aromatic heterocycles. The Bertz CT molecular complexity index is 340. The number of hydrogen-bond donors (Lipinski definition) is 3. The van der Waals surface area contributed by atoms with Gasteiger partial charge < -0.3 is 16.4 Å². The van der Waals surface area contributed by atoms with Crippen molar-refractivity contribution in [1.82, 2.24) is 10.6 Å². The van der Waals surface area contributed by atoms with Gasteiger partial charge in [-0.1, -0.05) is 13.8 Å². The van der Waals surface area contributed by atoms with Crippen LogP contribution in [0.5, 0.6) is 0 Å². The van der Waals surface area contributed by atoms with E-state index in [0.29, 0.717) is 31.8 Å². The van der Waals surface area contributed by atoms with Crippen LogP contribution in [0.3, 0.4) is 0 Å². The number of carbonyl (C=O) groups is 2. The van der Waals surface area contributed by atoms with E-state index in [1.165, 1.54) is 0 Å². The molecule has 1 aliphatic carbocycles. The van der Waals surface area contributed by atoms with Crippen LogP contribution in [0, 0.1) is 11.8 Å². The number of nitrogens with two attached hydrogens (primary N) is 1. The van der Waals surface area contributed by atoms with Gasteiger partial charge >= 0.3 is 0 Å². The molecule has 0 aromatic rings. The molecule has 0 bridgehead atoms. The zero-order valence-corrected chi connectivity index (χ0v) is 13.0. The van der Waals surface area contributed by atoms with E-state index in [2.05, 4.69) is 24.5 Å². The van der Waals surface area contributed by atoms with Gasteiger partial charge in [-0.05, 0) is 38.5 Å². The fourth-order valence-electron chi connectivity index (χ4n) is 2.44. The van der Waals surface area contributed by atoms with E-state index >= 15 is 0 Å². The van der Waals surface area contributed by atoms with Crippen molar-refractivity contribution in [2.45, 2.75) is 58.4 Å². The summed E-state index contributed by atoms with van der Waals surface area (Å²) in [6.45, 7) is 7.24. The maximum absolute atomic E-state index is 11.9. The highest BCUT2D eigenvalue weighted by Gasteiger charge is 2.29. The van der Waals surface area contributed by atoms with Crippen molar-refractivity contribution in [3.05, 3.63) is 0 Å². The largest absolute Gasteiger partial charge is 0.356 e. The van der Waals surface area contributed by atoms with E-state index in [0.717, 1.165) is 19.3 Å². The molecule has 2 amide bonds. The summed E-state index contributed by atoms with van der Waals surface area (Å²) in [5.41, 5.74) is 5.44. The van der Waals surface area contributed by atoms with Gasteiger partial charge in [0.05, 0.1) is 0 Å². The fraction of sp³-hybridized carbons (Fsp3) is 0.867. The molecule has 0 radical (unpaired) electrons. The Kier molecular flexibility index (Phi) is 6.46. The summed E-state index contributed by atoms with van der Waals surface area (Å²) in [4.78, 5) is 23.3. The molecule has 1 aliphatic rings. The van der Waals surface area contributed by atoms with Gasteiger partial charge in [0.2, 0.25) is 11.8 Å². The van der Waals surface area contributed by atoms with Crippen molar-refractivity contribution < 1.29 is 9.59 Å². The van der Waals surface area contributed by atoms with Crippen molar-refractivity contribution in [3.8, 4) is 0 Å². The summed E-state index contributed by atoms with van der Waals surface area (Å²) >= 11 is 0. The summed E-state index contributed by atoms with van der Waals surface area (Å²) < 4.78 is 0. The maximum Gasteiger partial charge on any atom is 0.223 e. The average Bonchev–Trinajstić information content (AvgIpc) is 3.17. The van der Waals surface area contributed by atoms with Crippen LogP contribution >= 0.6 is 0 Å². The number of carbonyl (C=O) groups excluding carboxylic acids is 2. The molecule has 0 heterocycles. The van der Waals surface area contributed by atoms with Gasteiger partial charge in [-0.3, -0.25) is 9.59 Å². The predicted octanol–water partition coefficient (Wildman–Crippen LogP) is 1.17. The smallest absolute Gasteiger partial charge is 0.223 e. The van der Waals surface area contributed by atoms with Crippen molar-refractivity contribution in [2.24, 2.45) is 17.6 Å². The minimum atomic E-state index is -0.331. The third-order valence-electron chi connectivity index (χ3n) is 3.58. The molecule has 0 aromatic carbocycles. The summed E-state index contributed by atoms with van der Waals surface area (Å²) in [6, 6.07) is 0. The molecular weight excluding hydrogens is 254 g/mol. The van der Waals surface area contributed by atoms with Crippen molar-refractivity contribution in [1.29, 1.82) is 0 Å². The van der Waals surface area contributed by atoms with Crippen molar-refractivity contribution >= 4 is 11.8 Å². The van der Waals surface area contributed by atoms with Crippen molar-refractivity contribution in [3.63, 3.8) is 0 Å². The average molecular weight is 283 g/mol. The van der Waals surface area contributed by atoms with Crippen LogP contribution in [-0.2, 0) is 9.59 Å². The van der Waals surface area contributed by atoms with Crippen LogP contribution in [0.15, 0.2) is 0 Å². The number of nitrogens with one attached hydrogen (secondary N) is 2. The molecule has 1 unspecified atom stereocenters. The van der Waals surface area contributed by atoms with E-state index in [1.54, 1.807) is 0 Å². The SMILES string of the molecule is CC(C)CC(C)(CN)NC(=O)CCCNC(=O)C1CC1. The highest BCUT2D eigenvalue weighted by Crippen LogP contribution is 2.28. The Balaban J connectivity index is 2.19. The lowest BCUT2D eigenvalue weighted by atomic mass is 9.90. The molecule has 1 atom stereocenters. The molecule has 5 nitrogen and oxygen atoms in total. The molecule has 1 fully saturated rings. The Morgan fingerprint density at radius 2 is 2.00 bits per heavy atom. The first kappa shape index (κ1) is 17.0. The van der Waals surface area contributed by atoms with E-state index in [9.17, 15) is 9.59 Å². The number of rotatable bonds is 9. The third kappa shape index (κ3) is 6.37. The lowest BCUT2D eigenvalue weighted by Gasteiger charge is -2.31. The number of amides is 2. The van der Waals surface area contributed by atoms with Crippen molar-refractivity contribution in [2.75, 3.05) is 13.1 Å². The molecule has 1 rings (SSSR count). The first-order valence-electron chi connectivity index (χ1n) is 7.65. The monoisotopic (exact) mass is 283 g/mol. The minimum Gasteiger partial charge on any atom is -0.356 e. The van der Waals surface area contributed by atoms with E-state index in [4.69, 9.17) is 5.73 Å². The van der Waals surface area contributed by atoms with Gasteiger partial charge in [0.15, 0.2) is 0 Å². The highest BCUT2D eigenvalue weighted by atomic mass is 16.2. The summed E-state index contributed by atoms with van der Waals surface area (Å²) in [7, 11) is 0. The Morgan fingerprint density at radius 3 is 2.50 bits per heavy atom. The van der Waals surface area contributed by atoms with E-state index in [-0.39, 0.29) is 23.3 Å². The first-order valence-corrected chi connectivity index (χ1v) is 7.65. The zero-order chi connectivity index (χ0) is 15.2. The Morgan fingerprint density at radius 1 is 1.35 bits per heavy atom. The molecule has 1 saturated carbocycles. The third-order valence-corrected chi connectivity index (χ3v) is 3.58. The molecule has 0 spiro atoms. The molecule has 20 heavy (non-hydrogen) atoms. The summed E-state index contributed by atoms with van der Waals surface area (Å²) in [5, 5.41) is 5.89. The molecule has 116 valence electrons. The topological polar surface area (TPSA) is 84.2 Å². The summed E-state index contributed by atoms with van der Waals surface area (Å²) in [5.74, 6) is 0.869. The number of hydrogen-bond acceptors (Lipinski definition) is 3. The molecule has 0 aliphatic heterocycles. The summed E-state index contributed by atoms with van der Waals surface area (Å²) in [6.07, 6.45) is 3.99. The molecule has 5 heteroatoms. The van der Waals surface area contributed by atoms with Gasteiger partial charge in [0, 0.05) is 31.0 Å². The molecular formula is C15H29N3O2. The second kappa shape index (κ2) is 7.62. The second-order valence-electron chi connectivity index (χ2n) is 6.58. The molecule has 4 N–H and O–H groups in total. The van der Waals surface area contributed by atoms with Gasteiger partial charge in [0.25, 0.3) is 0 Å². The Hall–Kier alpha value is -1.10. The lowest BCUT2D eigenvalue weighted by molar-refractivity contribution is -0.124. The first-order chi connectivity index (χ1) is 9.36. The van der Waals surface area contributed by atoms with Crippen LogP contribution < -0.4 is 16.4 Å². The maximum atomic E-state index is 11.9. The van der Waals surface area contributed by atoms with Crippen LogP contribution in [0.1, 0.15) is 52.9 Å². The lowest BCUT2D eigenvalue weighted by Crippen LogP contribution is -2.52. The van der Waals surface area contributed by atoms with Crippen LogP contribution in [0.4, 0.5) is 0 Å². The standard InChI is InChI=1S/C15H29N3O2/c1-11(2)9-15(3,10-16)18-13(19)5-4-8-17-14(20)12-6-7-12/h11-12H,4-10,16H2,1-3H3,(H,17,20)(H,18,19). The van der Waals surface area contributed by atoms with E-state index < -0.39 is 0 Å². The van der Waals surface area contributed by atoms with E-state index in [1.807, 2.05) is 6.92 Å². The normalized spacial score (nSPS) is 17.6. The van der Waals surface area contributed by atoms with Gasteiger partial charge in [-0.15, -0.1) is 0 Å². The van der Waals surface area contributed by atoms with Crippen LogP contribution in [0.25, 0.3) is 0 Å². The van der Waals surface area contributed by atoms with Crippen LogP contribution in [0.2, 0.25) is 0 Å². The quantitative estimate of drug-likeness (QED) is 0.555. The van der Waals surface area contributed by atoms with Gasteiger partial charge in [0.1, 0.15) is 0 Å². The highest BCUT2D eigenvalue weighted by molar-refractivity contribution is 5.81. The zero-order valence-electron chi connectivity index (χ0n) is 13.0. The van der Waals surface area contributed by atoms with Gasteiger partial charge in [-0.25, -0.2) is 0 Å². The fourth-order valence-corrected chi connectivity index (χ4v) is 2.44. The second-order valence-corrected chi connectivity index (χ2v) is 6.58. The molecule has 0 saturated heterocycles. The Labute approximate surface area is 122 Å².